The van der Waals surface area contributed by atoms with Crippen molar-refractivity contribution in [3.05, 3.63) is 190 Å². The van der Waals surface area contributed by atoms with Crippen LogP contribution in [0.3, 0.4) is 0 Å². The van der Waals surface area contributed by atoms with Crippen molar-refractivity contribution in [2.45, 2.75) is 10.1 Å². The smallest absolute Gasteiger partial charge is 0.272 e. The van der Waals surface area contributed by atoms with Crippen molar-refractivity contribution in [1.82, 2.24) is 10.3 Å². The van der Waals surface area contributed by atoms with Gasteiger partial charge in [-0.3, -0.25) is 24.5 Å². The lowest BCUT2D eigenvalue weighted by Crippen LogP contribution is -2.30. The summed E-state index contributed by atoms with van der Waals surface area (Å²) in [6.45, 7) is 0. The molecule has 10 nitrogen and oxygen atoms in total. The molecule has 0 spiro atoms. The molecule has 270 valence electrons. The van der Waals surface area contributed by atoms with Crippen molar-refractivity contribution >= 4 is 74.2 Å². The first-order valence-corrected chi connectivity index (χ1v) is 18.8. The van der Waals surface area contributed by atoms with Gasteiger partial charge in [-0.05, 0) is 58.3 Å². The van der Waals surface area contributed by atoms with Gasteiger partial charge in [0.15, 0.2) is 5.13 Å². The van der Waals surface area contributed by atoms with Gasteiger partial charge in [-0.25, -0.2) is 4.98 Å². The van der Waals surface area contributed by atoms with Gasteiger partial charge in [-0.2, -0.15) is 0 Å². The van der Waals surface area contributed by atoms with E-state index in [1.165, 1.54) is 35.2 Å². The number of thiazole rings is 1. The zero-order chi connectivity index (χ0) is 38.1. The summed E-state index contributed by atoms with van der Waals surface area (Å²) in [7, 11) is 0. The molecule has 1 heterocycles. The minimum absolute atomic E-state index is 0.0518. The molecule has 1 unspecified atom stereocenters. The minimum atomic E-state index is -0.704. The molecule has 0 aliphatic carbocycles. The average Bonchev–Trinajstić information content (AvgIpc) is 3.69. The van der Waals surface area contributed by atoms with Gasteiger partial charge >= 0.3 is 0 Å². The lowest BCUT2D eigenvalue weighted by molar-refractivity contribution is -0.384. The normalized spacial score (nSPS) is 11.7. The Hall–Kier alpha value is -6.89. The molecule has 0 fully saturated rings. The highest BCUT2D eigenvalue weighted by molar-refractivity contribution is 8.00. The van der Waals surface area contributed by atoms with Crippen molar-refractivity contribution < 1.29 is 19.3 Å². The number of thioether (sulfide) groups is 1. The number of fused-ring (bicyclic) bond motifs is 1. The maximum absolute atomic E-state index is 13.9. The zero-order valence-corrected chi connectivity index (χ0v) is 30.6. The van der Waals surface area contributed by atoms with Crippen molar-refractivity contribution in [2.24, 2.45) is 0 Å². The molecule has 7 rings (SSSR count). The third-order valence-corrected chi connectivity index (χ3v) is 10.4. The van der Waals surface area contributed by atoms with Crippen LogP contribution in [-0.2, 0) is 9.59 Å². The standard InChI is InChI=1S/C43H31N5O5S2/c49-40(30-15-5-2-6-16-30)45-37(25-31-18-9-17-28-12-7-8-23-36(28)31)41(50)44-33-20-11-22-35(26-33)55-39(29-13-3-1-4-14-29)42(51)47-43-46-38(27-54-43)32-19-10-21-34(24-32)48(52)53/h1-27,39H,(H,44,50)(H,45,49)(H,46,47,51)/b37-25+. The van der Waals surface area contributed by atoms with Crippen molar-refractivity contribution in [3.8, 4) is 11.3 Å². The quantitative estimate of drug-likeness (QED) is 0.0487. The van der Waals surface area contributed by atoms with Crippen LogP contribution in [0, 0.1) is 10.1 Å². The predicted molar refractivity (Wildman–Crippen MR) is 219 cm³/mol. The van der Waals surface area contributed by atoms with Gasteiger partial charge in [0, 0.05) is 39.2 Å². The van der Waals surface area contributed by atoms with Crippen molar-refractivity contribution in [3.63, 3.8) is 0 Å². The van der Waals surface area contributed by atoms with E-state index in [-0.39, 0.29) is 17.3 Å². The first-order valence-electron chi connectivity index (χ1n) is 17.0. The zero-order valence-electron chi connectivity index (χ0n) is 28.9. The number of carbonyl (C=O) groups is 3. The predicted octanol–water partition coefficient (Wildman–Crippen LogP) is 9.75. The highest BCUT2D eigenvalue weighted by Crippen LogP contribution is 2.38. The summed E-state index contributed by atoms with van der Waals surface area (Å²) in [5.41, 5.74) is 3.44. The molecule has 3 amide bonds. The molecule has 0 saturated heterocycles. The van der Waals surface area contributed by atoms with E-state index in [1.54, 1.807) is 66.1 Å². The fourth-order valence-corrected chi connectivity index (χ4v) is 7.58. The van der Waals surface area contributed by atoms with Gasteiger partial charge in [-0.15, -0.1) is 23.1 Å². The Kier molecular flexibility index (Phi) is 11.2. The largest absolute Gasteiger partial charge is 0.321 e. The van der Waals surface area contributed by atoms with E-state index in [2.05, 4.69) is 20.9 Å². The summed E-state index contributed by atoms with van der Waals surface area (Å²) in [6.07, 6.45) is 1.66. The lowest BCUT2D eigenvalue weighted by atomic mass is 10.0. The molecule has 1 atom stereocenters. The van der Waals surface area contributed by atoms with Crippen LogP contribution in [0.25, 0.3) is 28.1 Å². The van der Waals surface area contributed by atoms with Crippen molar-refractivity contribution in [2.75, 3.05) is 10.6 Å². The topological polar surface area (TPSA) is 143 Å². The Balaban J connectivity index is 1.12. The Bertz CT molecular complexity index is 2550. The van der Waals surface area contributed by atoms with Gasteiger partial charge in [0.25, 0.3) is 17.5 Å². The van der Waals surface area contributed by atoms with Crippen LogP contribution in [-0.4, -0.2) is 27.6 Å². The number of aromatic nitrogens is 1. The molecule has 12 heteroatoms. The second kappa shape index (κ2) is 16.8. The number of rotatable bonds is 12. The third-order valence-electron chi connectivity index (χ3n) is 8.43. The maximum Gasteiger partial charge on any atom is 0.272 e. The molecule has 55 heavy (non-hydrogen) atoms. The van der Waals surface area contributed by atoms with Crippen LogP contribution < -0.4 is 16.0 Å². The molecule has 7 aromatic rings. The summed E-state index contributed by atoms with van der Waals surface area (Å²) in [5.74, 6) is -1.28. The molecule has 0 aliphatic heterocycles. The minimum Gasteiger partial charge on any atom is -0.321 e. The fraction of sp³-hybridized carbons (Fsp3) is 0.0233. The number of non-ortho nitro benzene ring substituents is 1. The number of amides is 3. The van der Waals surface area contributed by atoms with Crippen LogP contribution in [0.4, 0.5) is 16.5 Å². The number of nitrogens with one attached hydrogen (secondary N) is 3. The van der Waals surface area contributed by atoms with Crippen LogP contribution in [0.2, 0.25) is 0 Å². The number of hydrogen-bond acceptors (Lipinski definition) is 8. The number of carbonyl (C=O) groups excluding carboxylic acids is 3. The van der Waals surface area contributed by atoms with Crippen LogP contribution >= 0.6 is 23.1 Å². The Morgan fingerprint density at radius 3 is 2.27 bits per heavy atom. The summed E-state index contributed by atoms with van der Waals surface area (Å²) < 4.78 is 0. The summed E-state index contributed by atoms with van der Waals surface area (Å²) >= 11 is 2.51. The van der Waals surface area contributed by atoms with Gasteiger partial charge in [0.1, 0.15) is 10.9 Å². The number of anilines is 2. The van der Waals surface area contributed by atoms with Gasteiger partial charge < -0.3 is 16.0 Å². The number of hydrogen-bond donors (Lipinski definition) is 3. The van der Waals surface area contributed by atoms with E-state index in [4.69, 9.17) is 0 Å². The third kappa shape index (κ3) is 9.02. The number of benzene rings is 6. The maximum atomic E-state index is 13.9. The Morgan fingerprint density at radius 2 is 1.47 bits per heavy atom. The average molecular weight is 762 g/mol. The summed E-state index contributed by atoms with van der Waals surface area (Å²) in [5, 5.41) is 23.2. The van der Waals surface area contributed by atoms with E-state index in [0.29, 0.717) is 32.5 Å². The van der Waals surface area contributed by atoms with E-state index in [0.717, 1.165) is 21.9 Å². The van der Waals surface area contributed by atoms with Crippen LogP contribution in [0.15, 0.2) is 168 Å². The monoisotopic (exact) mass is 761 g/mol. The first kappa shape index (κ1) is 36.5. The van der Waals surface area contributed by atoms with E-state index < -0.39 is 22.0 Å². The second-order valence-electron chi connectivity index (χ2n) is 12.2. The number of nitro groups is 1. The molecule has 6 aromatic carbocycles. The molecule has 0 aliphatic rings. The Morgan fingerprint density at radius 1 is 0.764 bits per heavy atom. The summed E-state index contributed by atoms with van der Waals surface area (Å²) in [6, 6.07) is 44.8. The molecular weight excluding hydrogens is 731 g/mol. The SMILES string of the molecule is O=C(Nc1cccc(SC(C(=O)Nc2nc(-c3cccc([N+](=O)[O-])c3)cs2)c2ccccc2)c1)/C(=C\c1cccc2ccccc12)NC(=O)c1ccccc1. The van der Waals surface area contributed by atoms with Gasteiger partial charge in [0.05, 0.1) is 10.6 Å². The first-order chi connectivity index (χ1) is 26.8. The highest BCUT2D eigenvalue weighted by atomic mass is 32.2. The second-order valence-corrected chi connectivity index (χ2v) is 14.2. The van der Waals surface area contributed by atoms with Crippen LogP contribution in [0.5, 0.6) is 0 Å². The van der Waals surface area contributed by atoms with E-state index in [9.17, 15) is 24.5 Å². The fourth-order valence-electron chi connectivity index (χ4n) is 5.77. The molecule has 0 bridgehead atoms. The molecular formula is C43H31N5O5S2. The number of nitro benzene ring substituents is 1. The molecule has 1 aromatic heterocycles. The molecule has 0 radical (unpaired) electrons. The summed E-state index contributed by atoms with van der Waals surface area (Å²) in [4.78, 5) is 57.1. The molecule has 0 saturated carbocycles. The van der Waals surface area contributed by atoms with E-state index in [1.807, 2.05) is 84.9 Å². The lowest BCUT2D eigenvalue weighted by Gasteiger charge is -2.17. The van der Waals surface area contributed by atoms with Gasteiger partial charge in [0.2, 0.25) is 5.91 Å². The highest BCUT2D eigenvalue weighted by Gasteiger charge is 2.24. The van der Waals surface area contributed by atoms with Crippen LogP contribution in [0.1, 0.15) is 26.7 Å². The Labute approximate surface area is 324 Å². The van der Waals surface area contributed by atoms with Crippen molar-refractivity contribution in [1.29, 1.82) is 0 Å². The van der Waals surface area contributed by atoms with Gasteiger partial charge in [-0.1, -0.05) is 109 Å². The number of nitrogens with zero attached hydrogens (tertiary/aromatic N) is 2. The molecule has 3 N–H and O–H groups in total. The van der Waals surface area contributed by atoms with E-state index >= 15 is 0 Å².